The molecule has 0 aliphatic carbocycles. The number of carboxylic acid groups (broad SMARTS) is 1. The molecular formula is C35H43BrN4O5. The molecule has 2 aromatic carbocycles. The lowest BCUT2D eigenvalue weighted by Gasteiger charge is -2.49. The molecule has 1 aromatic heterocycles. The third-order valence-electron chi connectivity index (χ3n) is 8.99. The van der Waals surface area contributed by atoms with E-state index < -0.39 is 5.97 Å². The zero-order chi connectivity index (χ0) is 32.6. The first kappa shape index (κ1) is 34.1. The lowest BCUT2D eigenvalue weighted by molar-refractivity contribution is -0.612. The van der Waals surface area contributed by atoms with Crippen LogP contribution >= 0.6 is 15.9 Å². The number of piperidine rings is 2. The van der Waals surface area contributed by atoms with Crippen molar-refractivity contribution in [3.05, 3.63) is 104 Å². The van der Waals surface area contributed by atoms with Crippen LogP contribution in [0.3, 0.4) is 0 Å². The summed E-state index contributed by atoms with van der Waals surface area (Å²) in [5, 5.41) is 24.9. The second-order valence-electron chi connectivity index (χ2n) is 11.9. The number of hydrogen-bond acceptors (Lipinski definition) is 6. The Labute approximate surface area is 274 Å². The number of aromatic carboxylic acids is 1. The summed E-state index contributed by atoms with van der Waals surface area (Å²) in [6.45, 7) is 11.9. The lowest BCUT2D eigenvalue weighted by Crippen LogP contribution is -2.57. The molecule has 2 fully saturated rings. The van der Waals surface area contributed by atoms with Gasteiger partial charge in [-0.1, -0.05) is 51.4 Å². The smallest absolute Gasteiger partial charge is 0.335 e. The summed E-state index contributed by atoms with van der Waals surface area (Å²) in [6.07, 6.45) is 5.40. The number of carbonyl (C=O) groups excluding carboxylic acids is 1. The minimum absolute atomic E-state index is 0.0257. The highest BCUT2D eigenvalue weighted by molar-refractivity contribution is 9.10. The lowest BCUT2D eigenvalue weighted by atomic mass is 9.82. The van der Waals surface area contributed by atoms with Crippen molar-refractivity contribution in [1.29, 1.82) is 0 Å². The topological polar surface area (TPSA) is 109 Å². The third-order valence-corrected chi connectivity index (χ3v) is 9.51. The molecule has 45 heavy (non-hydrogen) atoms. The summed E-state index contributed by atoms with van der Waals surface area (Å²) >= 11 is 3.52. The van der Waals surface area contributed by atoms with E-state index in [1.165, 1.54) is 6.20 Å². The number of carbonyl (C=O) groups is 2. The molecule has 0 atom stereocenters. The summed E-state index contributed by atoms with van der Waals surface area (Å²) < 4.78 is 1.84. The Morgan fingerprint density at radius 2 is 1.62 bits per heavy atom. The highest BCUT2D eigenvalue weighted by Gasteiger charge is 2.40. The Balaban J connectivity index is 0.000000440. The van der Waals surface area contributed by atoms with E-state index in [2.05, 4.69) is 57.2 Å². The molecule has 0 saturated carbocycles. The maximum atomic E-state index is 13.3. The number of halogens is 1. The molecule has 1 amide bonds. The number of aryl methyl sites for hydroxylation is 1. The zero-order valence-electron chi connectivity index (χ0n) is 26.5. The number of nitrogens with zero attached hydrogens (tertiary/aromatic N) is 4. The fraction of sp³-hybridized carbons (Fsp3) is 0.429. The van der Waals surface area contributed by atoms with Gasteiger partial charge in [0.25, 0.3) is 5.91 Å². The average molecular weight is 680 g/mol. The van der Waals surface area contributed by atoms with Gasteiger partial charge in [-0.25, -0.2) is 4.79 Å². The number of rotatable bonds is 7. The SMILES string of the molecule is CCO/N=C(/c1ccc(Br)cc1)C1CCN(C2(C)CCN(C(=O)c3c(C)cc[n+]([O-])c3C)CC2)CC1.O=C(O)c1ccccc1. The molecule has 240 valence electrons. The molecule has 2 saturated heterocycles. The van der Waals surface area contributed by atoms with Gasteiger partial charge in [0.05, 0.1) is 11.3 Å². The molecule has 0 spiro atoms. The zero-order valence-corrected chi connectivity index (χ0v) is 28.1. The molecular weight excluding hydrogens is 636 g/mol. The molecule has 5 rings (SSSR count). The molecule has 10 heteroatoms. The summed E-state index contributed by atoms with van der Waals surface area (Å²) in [5.41, 5.74) is 4.44. The van der Waals surface area contributed by atoms with Crippen LogP contribution in [-0.2, 0) is 4.84 Å². The maximum Gasteiger partial charge on any atom is 0.335 e. The van der Waals surface area contributed by atoms with Crippen LogP contribution in [0.5, 0.6) is 0 Å². The molecule has 0 unspecified atom stereocenters. The monoisotopic (exact) mass is 678 g/mol. The van der Waals surface area contributed by atoms with Gasteiger partial charge in [0.15, 0.2) is 6.20 Å². The Morgan fingerprint density at radius 3 is 2.18 bits per heavy atom. The van der Waals surface area contributed by atoms with Crippen LogP contribution in [0.4, 0.5) is 0 Å². The van der Waals surface area contributed by atoms with Gasteiger partial charge in [0.1, 0.15) is 12.2 Å². The van der Waals surface area contributed by atoms with Crippen LogP contribution in [0.15, 0.2) is 76.5 Å². The summed E-state index contributed by atoms with van der Waals surface area (Å²) in [6, 6.07) is 18.3. The summed E-state index contributed by atoms with van der Waals surface area (Å²) in [7, 11) is 0. The van der Waals surface area contributed by atoms with Crippen LogP contribution in [0, 0.1) is 25.0 Å². The van der Waals surface area contributed by atoms with Crippen LogP contribution in [0.25, 0.3) is 0 Å². The summed E-state index contributed by atoms with van der Waals surface area (Å²) in [4.78, 5) is 33.5. The number of hydrogen-bond donors (Lipinski definition) is 1. The van der Waals surface area contributed by atoms with Crippen LogP contribution in [0.2, 0.25) is 0 Å². The minimum atomic E-state index is -0.879. The van der Waals surface area contributed by atoms with Gasteiger partial charge >= 0.3 is 5.97 Å². The Bertz CT molecular complexity index is 1480. The van der Waals surface area contributed by atoms with E-state index in [0.717, 1.165) is 64.8 Å². The van der Waals surface area contributed by atoms with Gasteiger partial charge in [0.2, 0.25) is 5.69 Å². The van der Waals surface area contributed by atoms with E-state index in [1.807, 2.05) is 18.7 Å². The number of pyridine rings is 1. The molecule has 1 N–H and O–H groups in total. The van der Waals surface area contributed by atoms with E-state index >= 15 is 0 Å². The van der Waals surface area contributed by atoms with Crippen molar-refractivity contribution in [2.24, 2.45) is 11.1 Å². The van der Waals surface area contributed by atoms with Gasteiger partial charge in [-0.15, -0.1) is 0 Å². The molecule has 0 radical (unpaired) electrons. The Morgan fingerprint density at radius 1 is 1.00 bits per heavy atom. The van der Waals surface area contributed by atoms with Crippen molar-refractivity contribution >= 4 is 33.5 Å². The first-order valence-electron chi connectivity index (χ1n) is 15.5. The Kier molecular flexibility index (Phi) is 11.7. The van der Waals surface area contributed by atoms with Gasteiger partial charge in [0, 0.05) is 42.0 Å². The predicted molar refractivity (Wildman–Crippen MR) is 178 cm³/mol. The van der Waals surface area contributed by atoms with E-state index in [4.69, 9.17) is 9.94 Å². The molecule has 2 aliphatic heterocycles. The van der Waals surface area contributed by atoms with Crippen LogP contribution in [-0.4, -0.2) is 70.8 Å². The van der Waals surface area contributed by atoms with Crippen LogP contribution < -0.4 is 4.73 Å². The van der Waals surface area contributed by atoms with Gasteiger partial charge in [-0.2, -0.15) is 4.73 Å². The Hall–Kier alpha value is -3.76. The molecule has 0 bridgehead atoms. The second kappa shape index (κ2) is 15.5. The quantitative estimate of drug-likeness (QED) is 0.137. The number of aromatic nitrogens is 1. The highest BCUT2D eigenvalue weighted by Crippen LogP contribution is 2.34. The van der Waals surface area contributed by atoms with Crippen molar-refractivity contribution in [2.45, 2.75) is 58.9 Å². The minimum Gasteiger partial charge on any atom is -0.618 e. The van der Waals surface area contributed by atoms with Gasteiger partial charge in [-0.3, -0.25) is 9.69 Å². The maximum absolute atomic E-state index is 13.3. The molecule has 9 nitrogen and oxygen atoms in total. The van der Waals surface area contributed by atoms with E-state index in [1.54, 1.807) is 43.3 Å². The van der Waals surface area contributed by atoms with Crippen molar-refractivity contribution < 1.29 is 24.3 Å². The van der Waals surface area contributed by atoms with Crippen molar-refractivity contribution in [3.8, 4) is 0 Å². The molecule has 3 aromatic rings. The largest absolute Gasteiger partial charge is 0.618 e. The van der Waals surface area contributed by atoms with E-state index in [0.29, 0.717) is 42.4 Å². The first-order chi connectivity index (χ1) is 21.5. The predicted octanol–water partition coefficient (Wildman–Crippen LogP) is 6.23. The standard InChI is InChI=1S/C28H37BrN4O3.C7H6O2/c1-5-36-30-26(22-6-8-24(29)9-7-22)23-11-15-32(16-12-23)28(4)13-18-31(19-14-28)27(34)25-20(2)10-17-33(35)21(25)3;8-7(9)6-4-2-1-3-5-6/h6-10,17,23H,5,11-16,18-19H2,1-4H3;1-5H,(H,8,9)/b30-26-;. The number of likely N-dealkylation sites (tertiary alicyclic amines) is 2. The first-order valence-corrected chi connectivity index (χ1v) is 16.3. The second-order valence-corrected chi connectivity index (χ2v) is 12.8. The van der Waals surface area contributed by atoms with Crippen molar-refractivity contribution in [2.75, 3.05) is 32.8 Å². The number of amides is 1. The van der Waals surface area contributed by atoms with E-state index in [-0.39, 0.29) is 11.4 Å². The van der Waals surface area contributed by atoms with Gasteiger partial charge in [-0.05, 0) is 94.9 Å². The van der Waals surface area contributed by atoms with E-state index in [9.17, 15) is 14.8 Å². The number of oxime groups is 1. The summed E-state index contributed by atoms with van der Waals surface area (Å²) in [5.74, 6) is -0.542. The average Bonchev–Trinajstić information content (AvgIpc) is 3.05. The van der Waals surface area contributed by atoms with Crippen molar-refractivity contribution in [3.63, 3.8) is 0 Å². The fourth-order valence-electron chi connectivity index (χ4n) is 6.15. The number of carboxylic acids is 1. The molecule has 3 heterocycles. The third kappa shape index (κ3) is 8.49. The fourth-order valence-corrected chi connectivity index (χ4v) is 6.41. The van der Waals surface area contributed by atoms with Gasteiger partial charge < -0.3 is 20.1 Å². The normalized spacial score (nSPS) is 17.3. The van der Waals surface area contributed by atoms with Crippen molar-refractivity contribution in [1.82, 2.24) is 9.80 Å². The highest BCUT2D eigenvalue weighted by atomic mass is 79.9. The molecule has 2 aliphatic rings. The van der Waals surface area contributed by atoms with Crippen LogP contribution in [0.1, 0.15) is 77.1 Å². The number of benzene rings is 2.